The molecule has 3 aromatic rings. The zero-order valence-electron chi connectivity index (χ0n) is 24.5. The minimum Gasteiger partial charge on any atom is -0.466 e. The van der Waals surface area contributed by atoms with E-state index in [-0.39, 0.29) is 48.2 Å². The van der Waals surface area contributed by atoms with Crippen LogP contribution in [-0.4, -0.2) is 73.3 Å². The Labute approximate surface area is 257 Å². The summed E-state index contributed by atoms with van der Waals surface area (Å²) in [5, 5.41) is 17.4. The van der Waals surface area contributed by atoms with Gasteiger partial charge in [-0.15, -0.1) is 0 Å². The van der Waals surface area contributed by atoms with E-state index in [9.17, 15) is 23.3 Å². The molecular formula is C32H35N5O6S. The number of carbonyl (C=O) groups excluding carboxylic acids is 2. The molecule has 12 heteroatoms. The van der Waals surface area contributed by atoms with Crippen LogP contribution in [0.3, 0.4) is 0 Å². The smallest absolute Gasteiger partial charge is 0.309 e. The Hall–Kier alpha value is -4.31. The van der Waals surface area contributed by atoms with Crippen LogP contribution in [0.25, 0.3) is 23.0 Å². The second-order valence-corrected chi connectivity index (χ2v) is 12.6. The molecule has 2 fully saturated rings. The van der Waals surface area contributed by atoms with Gasteiger partial charge >= 0.3 is 5.97 Å². The van der Waals surface area contributed by atoms with Crippen molar-refractivity contribution in [1.82, 2.24) is 19.4 Å². The van der Waals surface area contributed by atoms with E-state index in [1.807, 2.05) is 36.4 Å². The Kier molecular flexibility index (Phi) is 9.89. The average Bonchev–Trinajstić information content (AvgIpc) is 3.74. The molecule has 1 atom stereocenters. The lowest BCUT2D eigenvalue weighted by molar-refractivity contribution is -0.149. The molecule has 0 saturated carbocycles. The van der Waals surface area contributed by atoms with Crippen molar-refractivity contribution < 1.29 is 27.5 Å². The van der Waals surface area contributed by atoms with Crippen molar-refractivity contribution in [3.63, 3.8) is 0 Å². The number of para-hydroxylation sites is 1. The first-order valence-corrected chi connectivity index (χ1v) is 16.2. The number of sulfonamides is 1. The molecule has 44 heavy (non-hydrogen) atoms. The standard InChI is InChI=1S/C32H35N5O6S/c1-2-42-32(39)23-13-15-36(16-14-23)44(40,41)29-12-6-8-24(19-29)30-26(22-37(35-30)27-9-4-3-5-10-27)18-25(20-33)31(38)34-21-28-11-7-17-43-28/h3-6,8-10,12,18-19,22-23,28H,2,7,11,13-17,21H2,1H3,(H,34,38). The summed E-state index contributed by atoms with van der Waals surface area (Å²) in [7, 11) is -3.87. The van der Waals surface area contributed by atoms with Crippen LogP contribution in [0.2, 0.25) is 0 Å². The van der Waals surface area contributed by atoms with E-state index >= 15 is 0 Å². The number of amides is 1. The summed E-state index contributed by atoms with van der Waals surface area (Å²) in [6.45, 7) is 3.42. The zero-order chi connectivity index (χ0) is 31.1. The van der Waals surface area contributed by atoms with Crippen LogP contribution in [0.1, 0.15) is 38.2 Å². The third-order valence-corrected chi connectivity index (χ3v) is 9.66. The highest BCUT2D eigenvalue weighted by Gasteiger charge is 2.33. The number of nitriles is 1. The van der Waals surface area contributed by atoms with Crippen LogP contribution in [0.5, 0.6) is 0 Å². The number of carbonyl (C=O) groups is 2. The van der Waals surface area contributed by atoms with E-state index < -0.39 is 15.9 Å². The molecule has 1 aromatic heterocycles. The predicted octanol–water partition coefficient (Wildman–Crippen LogP) is 3.71. The van der Waals surface area contributed by atoms with E-state index in [1.165, 1.54) is 16.4 Å². The van der Waals surface area contributed by atoms with Gasteiger partial charge < -0.3 is 14.8 Å². The molecule has 2 aromatic carbocycles. The fraction of sp³-hybridized carbons (Fsp3) is 0.375. The van der Waals surface area contributed by atoms with E-state index in [2.05, 4.69) is 5.32 Å². The van der Waals surface area contributed by atoms with E-state index in [1.54, 1.807) is 36.0 Å². The monoisotopic (exact) mass is 617 g/mol. The number of nitrogens with one attached hydrogen (secondary N) is 1. The molecule has 1 amide bonds. The number of ether oxygens (including phenoxy) is 2. The first kappa shape index (κ1) is 31.1. The SMILES string of the molecule is CCOC(=O)C1CCN(S(=O)(=O)c2cccc(-c3nn(-c4ccccc4)cc3C=C(C#N)C(=O)NCC3CCCO3)c2)CC1. The number of benzene rings is 2. The van der Waals surface area contributed by atoms with Gasteiger partial charge in [-0.1, -0.05) is 30.3 Å². The molecule has 0 spiro atoms. The average molecular weight is 618 g/mol. The molecular weight excluding hydrogens is 582 g/mol. The molecule has 2 aliphatic heterocycles. The molecule has 230 valence electrons. The van der Waals surface area contributed by atoms with Gasteiger partial charge in [0.15, 0.2) is 0 Å². The van der Waals surface area contributed by atoms with Crippen LogP contribution in [0, 0.1) is 17.2 Å². The van der Waals surface area contributed by atoms with Crippen molar-refractivity contribution in [2.45, 2.75) is 43.6 Å². The highest BCUT2D eigenvalue weighted by molar-refractivity contribution is 7.89. The first-order chi connectivity index (χ1) is 21.3. The summed E-state index contributed by atoms with van der Waals surface area (Å²) in [6.07, 6.45) is 5.66. The summed E-state index contributed by atoms with van der Waals surface area (Å²) in [5.41, 5.74) is 2.03. The Morgan fingerprint density at radius 3 is 2.59 bits per heavy atom. The minimum atomic E-state index is -3.87. The number of esters is 1. The van der Waals surface area contributed by atoms with Gasteiger partial charge in [-0.25, -0.2) is 13.1 Å². The number of piperidine rings is 1. The Bertz CT molecular complexity index is 1660. The fourth-order valence-electron chi connectivity index (χ4n) is 5.39. The predicted molar refractivity (Wildman–Crippen MR) is 163 cm³/mol. The maximum Gasteiger partial charge on any atom is 0.309 e. The van der Waals surface area contributed by atoms with Gasteiger partial charge in [-0.3, -0.25) is 9.59 Å². The van der Waals surface area contributed by atoms with Crippen molar-refractivity contribution in [3.8, 4) is 23.0 Å². The van der Waals surface area contributed by atoms with Crippen molar-refractivity contribution in [1.29, 1.82) is 5.26 Å². The minimum absolute atomic E-state index is 0.0732. The van der Waals surface area contributed by atoms with Gasteiger partial charge in [0.1, 0.15) is 17.3 Å². The molecule has 11 nitrogen and oxygen atoms in total. The lowest BCUT2D eigenvalue weighted by Gasteiger charge is -2.30. The number of hydrogen-bond acceptors (Lipinski definition) is 8. The number of aromatic nitrogens is 2. The quantitative estimate of drug-likeness (QED) is 0.206. The van der Waals surface area contributed by atoms with E-state index in [0.29, 0.717) is 42.8 Å². The molecule has 2 aliphatic rings. The molecule has 0 aliphatic carbocycles. The fourth-order valence-corrected chi connectivity index (χ4v) is 6.90. The molecule has 1 N–H and O–H groups in total. The number of nitrogens with zero attached hydrogens (tertiary/aromatic N) is 4. The van der Waals surface area contributed by atoms with Crippen LogP contribution in [-0.2, 0) is 29.1 Å². The zero-order valence-corrected chi connectivity index (χ0v) is 25.3. The van der Waals surface area contributed by atoms with Gasteiger partial charge in [0.2, 0.25) is 10.0 Å². The third kappa shape index (κ3) is 7.07. The van der Waals surface area contributed by atoms with Gasteiger partial charge in [0, 0.05) is 43.6 Å². The largest absolute Gasteiger partial charge is 0.466 e. The normalized spacial score (nSPS) is 18.1. The highest BCUT2D eigenvalue weighted by atomic mass is 32.2. The topological polar surface area (TPSA) is 144 Å². The second-order valence-electron chi connectivity index (χ2n) is 10.7. The highest BCUT2D eigenvalue weighted by Crippen LogP contribution is 2.30. The Morgan fingerprint density at radius 1 is 1.14 bits per heavy atom. The van der Waals surface area contributed by atoms with E-state index in [4.69, 9.17) is 14.6 Å². The van der Waals surface area contributed by atoms with Crippen molar-refractivity contribution >= 4 is 28.0 Å². The molecule has 0 bridgehead atoms. The lowest BCUT2D eigenvalue weighted by Crippen LogP contribution is -2.40. The number of rotatable bonds is 10. The number of hydrogen-bond donors (Lipinski definition) is 1. The first-order valence-electron chi connectivity index (χ1n) is 14.7. The van der Waals surface area contributed by atoms with E-state index in [0.717, 1.165) is 18.5 Å². The van der Waals surface area contributed by atoms with Gasteiger partial charge in [0.05, 0.1) is 29.2 Å². The molecule has 5 rings (SSSR count). The Morgan fingerprint density at radius 2 is 1.91 bits per heavy atom. The summed E-state index contributed by atoms with van der Waals surface area (Å²) in [5.74, 6) is -1.14. The summed E-state index contributed by atoms with van der Waals surface area (Å²) < 4.78 is 41.0. The van der Waals surface area contributed by atoms with Crippen LogP contribution < -0.4 is 5.32 Å². The van der Waals surface area contributed by atoms with Gasteiger partial charge in [-0.05, 0) is 62.9 Å². The van der Waals surface area contributed by atoms with Crippen molar-refractivity contribution in [2.75, 3.05) is 32.8 Å². The summed E-state index contributed by atoms with van der Waals surface area (Å²) in [4.78, 5) is 25.2. The van der Waals surface area contributed by atoms with Gasteiger partial charge in [0.25, 0.3) is 5.91 Å². The van der Waals surface area contributed by atoms with Gasteiger partial charge in [-0.2, -0.15) is 14.7 Å². The van der Waals surface area contributed by atoms with Crippen LogP contribution in [0.4, 0.5) is 0 Å². The summed E-state index contributed by atoms with van der Waals surface area (Å²) >= 11 is 0. The molecule has 3 heterocycles. The van der Waals surface area contributed by atoms with Crippen LogP contribution in [0.15, 0.2) is 71.3 Å². The maximum absolute atomic E-state index is 13.6. The lowest BCUT2D eigenvalue weighted by atomic mass is 9.98. The maximum atomic E-state index is 13.6. The molecule has 0 radical (unpaired) electrons. The van der Waals surface area contributed by atoms with Crippen LogP contribution >= 0.6 is 0 Å². The van der Waals surface area contributed by atoms with Crippen molar-refractivity contribution in [2.24, 2.45) is 5.92 Å². The Balaban J connectivity index is 1.44. The third-order valence-electron chi connectivity index (χ3n) is 7.76. The molecule has 1 unspecified atom stereocenters. The molecule has 2 saturated heterocycles. The van der Waals surface area contributed by atoms with Crippen molar-refractivity contribution in [3.05, 3.63) is 71.9 Å². The second kappa shape index (κ2) is 14.0. The summed E-state index contributed by atoms with van der Waals surface area (Å²) in [6, 6.07) is 17.8.